The second-order valence-electron chi connectivity index (χ2n) is 11.4. The summed E-state index contributed by atoms with van der Waals surface area (Å²) in [5.41, 5.74) is 0.525. The number of thiazole rings is 1. The number of carbonyl (C=O) groups excluding carboxylic acids is 1. The van der Waals surface area contributed by atoms with Crippen molar-refractivity contribution in [3.05, 3.63) is 11.1 Å². The number of nitrogens with one attached hydrogen (secondary N) is 2. The van der Waals surface area contributed by atoms with Crippen LogP contribution in [0.15, 0.2) is 6.20 Å². The van der Waals surface area contributed by atoms with Gasteiger partial charge in [0.25, 0.3) is 11.1 Å². The van der Waals surface area contributed by atoms with E-state index in [9.17, 15) is 9.90 Å². The normalized spacial score (nSPS) is 30.4. The first-order valence-electron chi connectivity index (χ1n) is 12.0. The van der Waals surface area contributed by atoms with Crippen LogP contribution >= 0.6 is 11.3 Å². The highest BCUT2D eigenvalue weighted by molar-refractivity contribution is 7.15. The molecule has 0 radical (unpaired) electrons. The van der Waals surface area contributed by atoms with Gasteiger partial charge >= 0.3 is 0 Å². The van der Waals surface area contributed by atoms with Crippen molar-refractivity contribution in [2.24, 2.45) is 23.2 Å². The highest BCUT2D eigenvalue weighted by Crippen LogP contribution is 2.61. The van der Waals surface area contributed by atoms with Gasteiger partial charge in [-0.05, 0) is 95.3 Å². The Bertz CT molecular complexity index is 722. The summed E-state index contributed by atoms with van der Waals surface area (Å²) in [6, 6.07) is 0. The number of amides is 1. The van der Waals surface area contributed by atoms with Crippen molar-refractivity contribution in [1.82, 2.24) is 15.6 Å². The molecule has 0 aliphatic heterocycles. The van der Waals surface area contributed by atoms with Crippen LogP contribution in [-0.4, -0.2) is 47.3 Å². The van der Waals surface area contributed by atoms with Crippen LogP contribution in [0, 0.1) is 23.2 Å². The highest BCUT2D eigenvalue weighted by atomic mass is 32.1. The van der Waals surface area contributed by atoms with E-state index >= 15 is 0 Å². The van der Waals surface area contributed by atoms with Crippen molar-refractivity contribution in [2.75, 3.05) is 19.7 Å². The number of β-amino-alcohol motifs (C(OH)–C–C–N with tert-alkyl or cyclic N) is 1. The fraction of sp³-hybridized carbons (Fsp3) is 0.833. The number of hydrogen-bond donors (Lipinski definition) is 3. The van der Waals surface area contributed by atoms with Crippen molar-refractivity contribution in [3.8, 4) is 5.19 Å². The van der Waals surface area contributed by atoms with Gasteiger partial charge in [-0.3, -0.25) is 4.79 Å². The maximum absolute atomic E-state index is 12.5. The predicted octanol–water partition coefficient (Wildman–Crippen LogP) is 4.00. The summed E-state index contributed by atoms with van der Waals surface area (Å²) in [6.45, 7) is 7.49. The molecule has 4 aliphatic rings. The van der Waals surface area contributed by atoms with E-state index in [0.717, 1.165) is 30.7 Å². The summed E-state index contributed by atoms with van der Waals surface area (Å²) in [6.07, 6.45) is 12.0. The minimum atomic E-state index is -0.620. The second-order valence-corrected chi connectivity index (χ2v) is 12.4. The minimum Gasteiger partial charge on any atom is -0.467 e. The monoisotopic (exact) mass is 449 g/mol. The van der Waals surface area contributed by atoms with E-state index in [0.29, 0.717) is 22.0 Å². The molecule has 7 heteroatoms. The SMILES string of the molecule is CC(C)(C)NCC(O)COc1ncc(C(=O)NCCCC23CC4CC(CC(C4)C2)C3)s1. The maximum atomic E-state index is 12.5. The van der Waals surface area contributed by atoms with Gasteiger partial charge in [0.15, 0.2) is 0 Å². The number of carbonyl (C=O) groups is 1. The fourth-order valence-electron chi connectivity index (χ4n) is 6.43. The Labute approximate surface area is 190 Å². The third kappa shape index (κ3) is 6.20. The van der Waals surface area contributed by atoms with Gasteiger partial charge in [-0.2, -0.15) is 0 Å². The zero-order valence-electron chi connectivity index (χ0n) is 19.3. The zero-order chi connectivity index (χ0) is 22.1. The van der Waals surface area contributed by atoms with Crippen LogP contribution in [0.25, 0.3) is 0 Å². The summed E-state index contributed by atoms with van der Waals surface area (Å²) in [4.78, 5) is 17.2. The molecule has 174 valence electrons. The Kier molecular flexibility index (Phi) is 6.94. The minimum absolute atomic E-state index is 0.0525. The molecule has 0 aromatic carbocycles. The number of nitrogens with zero attached hydrogens (tertiary/aromatic N) is 1. The van der Waals surface area contributed by atoms with Gasteiger partial charge in [0.05, 0.1) is 6.20 Å². The molecule has 4 bridgehead atoms. The molecule has 1 unspecified atom stereocenters. The third-order valence-electron chi connectivity index (χ3n) is 7.31. The van der Waals surface area contributed by atoms with E-state index in [-0.39, 0.29) is 18.1 Å². The molecule has 1 aromatic rings. The van der Waals surface area contributed by atoms with Crippen molar-refractivity contribution in [3.63, 3.8) is 0 Å². The lowest BCUT2D eigenvalue weighted by atomic mass is 9.48. The number of hydrogen-bond acceptors (Lipinski definition) is 6. The molecule has 4 aliphatic carbocycles. The highest BCUT2D eigenvalue weighted by Gasteiger charge is 2.50. The van der Waals surface area contributed by atoms with Gasteiger partial charge in [0.2, 0.25) is 0 Å². The van der Waals surface area contributed by atoms with Crippen LogP contribution in [0.1, 0.15) is 81.8 Å². The summed E-state index contributed by atoms with van der Waals surface area (Å²) in [5, 5.41) is 16.8. The van der Waals surface area contributed by atoms with Gasteiger partial charge in [0.1, 0.15) is 17.6 Å². The standard InChI is InChI=1S/C24H39N3O3S/c1-23(2,3)27-13-19(28)15-30-22-26-14-20(31-22)21(29)25-6-4-5-24-10-16-7-17(11-24)9-18(8-16)12-24/h14,16-19,27-28H,4-13,15H2,1-3H3,(H,25,29). The number of aromatic nitrogens is 1. The number of aliphatic hydroxyl groups is 1. The van der Waals surface area contributed by atoms with Crippen LogP contribution in [0.2, 0.25) is 0 Å². The first-order chi connectivity index (χ1) is 14.7. The molecule has 1 amide bonds. The largest absolute Gasteiger partial charge is 0.467 e. The van der Waals surface area contributed by atoms with Crippen LogP contribution < -0.4 is 15.4 Å². The summed E-state index contributed by atoms with van der Waals surface area (Å²) in [7, 11) is 0. The first-order valence-corrected chi connectivity index (χ1v) is 12.8. The quantitative estimate of drug-likeness (QED) is 0.470. The first kappa shape index (κ1) is 23.0. The predicted molar refractivity (Wildman–Crippen MR) is 124 cm³/mol. The average molecular weight is 450 g/mol. The van der Waals surface area contributed by atoms with E-state index in [2.05, 4.69) is 36.4 Å². The second kappa shape index (κ2) is 9.36. The lowest BCUT2D eigenvalue weighted by Crippen LogP contribution is -2.46. The summed E-state index contributed by atoms with van der Waals surface area (Å²) >= 11 is 1.24. The van der Waals surface area contributed by atoms with Gasteiger partial charge < -0.3 is 20.5 Å². The summed E-state index contributed by atoms with van der Waals surface area (Å²) in [5.74, 6) is 2.88. The van der Waals surface area contributed by atoms with Gasteiger partial charge in [0, 0.05) is 18.6 Å². The molecule has 1 aromatic heterocycles. The Balaban J connectivity index is 1.15. The molecule has 4 fully saturated rings. The Morgan fingerprint density at radius 1 is 1.26 bits per heavy atom. The van der Waals surface area contributed by atoms with Crippen molar-refractivity contribution >= 4 is 17.2 Å². The molecule has 0 saturated heterocycles. The molecule has 31 heavy (non-hydrogen) atoms. The van der Waals surface area contributed by atoms with Gasteiger partial charge in [-0.1, -0.05) is 11.3 Å². The Morgan fingerprint density at radius 2 is 1.90 bits per heavy atom. The van der Waals surface area contributed by atoms with E-state index in [1.807, 2.05) is 0 Å². The number of aliphatic hydroxyl groups excluding tert-OH is 1. The molecule has 4 saturated carbocycles. The van der Waals surface area contributed by atoms with Crippen molar-refractivity contribution in [2.45, 2.75) is 83.8 Å². The third-order valence-corrected chi connectivity index (χ3v) is 8.22. The van der Waals surface area contributed by atoms with Crippen LogP contribution in [0.4, 0.5) is 0 Å². The molecule has 3 N–H and O–H groups in total. The smallest absolute Gasteiger partial charge is 0.273 e. The topological polar surface area (TPSA) is 83.5 Å². The molecular weight excluding hydrogens is 410 g/mol. The van der Waals surface area contributed by atoms with E-state index in [4.69, 9.17) is 4.74 Å². The molecule has 1 atom stereocenters. The van der Waals surface area contributed by atoms with Crippen molar-refractivity contribution in [1.29, 1.82) is 0 Å². The number of rotatable bonds is 10. The maximum Gasteiger partial charge on any atom is 0.273 e. The van der Waals surface area contributed by atoms with Crippen LogP contribution in [0.3, 0.4) is 0 Å². The molecular formula is C24H39N3O3S. The molecule has 5 rings (SSSR count). The lowest BCUT2D eigenvalue weighted by Gasteiger charge is -2.57. The van der Waals surface area contributed by atoms with E-state index in [1.54, 1.807) is 6.20 Å². The zero-order valence-corrected chi connectivity index (χ0v) is 20.1. The molecule has 6 nitrogen and oxygen atoms in total. The molecule has 0 spiro atoms. The van der Waals surface area contributed by atoms with Crippen LogP contribution in [-0.2, 0) is 0 Å². The Morgan fingerprint density at radius 3 is 2.52 bits per heavy atom. The number of ether oxygens (including phenoxy) is 1. The fourth-order valence-corrected chi connectivity index (χ4v) is 7.12. The van der Waals surface area contributed by atoms with Gasteiger partial charge in [-0.25, -0.2) is 4.98 Å². The van der Waals surface area contributed by atoms with Crippen LogP contribution in [0.5, 0.6) is 5.19 Å². The van der Waals surface area contributed by atoms with E-state index in [1.165, 1.54) is 56.3 Å². The molecule has 1 heterocycles. The Hall–Kier alpha value is -1.18. The average Bonchev–Trinajstić information content (AvgIpc) is 3.15. The van der Waals surface area contributed by atoms with Crippen molar-refractivity contribution < 1.29 is 14.6 Å². The lowest BCUT2D eigenvalue weighted by molar-refractivity contribution is -0.0579. The van der Waals surface area contributed by atoms with E-state index < -0.39 is 6.10 Å². The van der Waals surface area contributed by atoms with Gasteiger partial charge in [-0.15, -0.1) is 0 Å². The summed E-state index contributed by atoms with van der Waals surface area (Å²) < 4.78 is 5.56.